The molecule has 0 aliphatic carbocycles. The van der Waals surface area contributed by atoms with E-state index < -0.39 is 41.9 Å². The number of hydrogen-bond acceptors (Lipinski definition) is 7. The quantitative estimate of drug-likeness (QED) is 0.491. The van der Waals surface area contributed by atoms with E-state index in [1.165, 1.54) is 0 Å². The van der Waals surface area contributed by atoms with Gasteiger partial charge in [0.1, 0.15) is 18.5 Å². The first-order chi connectivity index (χ1) is 12.9. The van der Waals surface area contributed by atoms with E-state index in [4.69, 9.17) is 16.3 Å². The number of nitrogens with one attached hydrogen (secondary N) is 1. The van der Waals surface area contributed by atoms with Crippen LogP contribution in [0.2, 0.25) is 5.02 Å². The van der Waals surface area contributed by atoms with E-state index in [9.17, 15) is 32.6 Å². The van der Waals surface area contributed by atoms with Crippen molar-refractivity contribution in [2.75, 3.05) is 32.1 Å². The highest BCUT2D eigenvalue weighted by atomic mass is 35.5. The van der Waals surface area contributed by atoms with Crippen LogP contribution in [0.4, 0.5) is 23.2 Å². The number of rotatable bonds is 5. The van der Waals surface area contributed by atoms with Gasteiger partial charge in [0.25, 0.3) is 0 Å². The summed E-state index contributed by atoms with van der Waals surface area (Å²) in [5.41, 5.74) is -0.854. The van der Waals surface area contributed by atoms with Gasteiger partial charge in [-0.2, -0.15) is 13.2 Å². The summed E-state index contributed by atoms with van der Waals surface area (Å²) in [5.74, 6) is -3.04. The predicted molar refractivity (Wildman–Crippen MR) is 92.4 cm³/mol. The van der Waals surface area contributed by atoms with E-state index >= 15 is 0 Å². The minimum absolute atomic E-state index is 0.0151. The number of benzene rings is 1. The summed E-state index contributed by atoms with van der Waals surface area (Å²) in [6.07, 6.45) is -6.55. The van der Waals surface area contributed by atoms with Crippen LogP contribution in [-0.4, -0.2) is 66.9 Å². The maximum atomic E-state index is 14.3. The molecule has 0 spiro atoms. The zero-order valence-electron chi connectivity index (χ0n) is 14.8. The van der Waals surface area contributed by atoms with Gasteiger partial charge in [0, 0.05) is 12.6 Å². The second-order valence-electron chi connectivity index (χ2n) is 6.18. The molecule has 1 aromatic carbocycles. The van der Waals surface area contributed by atoms with E-state index in [0.717, 1.165) is 12.1 Å². The topological polar surface area (TPSA) is 85.3 Å². The molecule has 156 valence electrons. The highest BCUT2D eigenvalue weighted by Crippen LogP contribution is 2.33. The average Bonchev–Trinajstić information content (AvgIpc) is 2.54. The average molecular weight is 428 g/mol. The number of anilines is 1. The summed E-state index contributed by atoms with van der Waals surface area (Å²) in [5, 5.41) is 21.3. The van der Waals surface area contributed by atoms with Crippen molar-refractivity contribution in [3.63, 3.8) is 0 Å². The predicted octanol–water partition coefficient (Wildman–Crippen LogP) is 2.21. The molecule has 2 atom stereocenters. The molecule has 0 bridgehead atoms. The molecule has 2 unspecified atom stereocenters. The molecule has 1 aliphatic rings. The Balaban J connectivity index is 2.34. The zero-order valence-corrected chi connectivity index (χ0v) is 15.6. The van der Waals surface area contributed by atoms with Crippen molar-refractivity contribution >= 4 is 23.3 Å². The van der Waals surface area contributed by atoms with Crippen LogP contribution >= 0.6 is 11.6 Å². The minimum Gasteiger partial charge on any atom is -0.495 e. The molecular formula is C16H18ClF4N3O4. The Morgan fingerprint density at radius 3 is 2.57 bits per heavy atom. The number of carbonyl (C=O) groups excluding carboxylic acids is 1. The first-order valence-corrected chi connectivity index (χ1v) is 8.31. The Morgan fingerprint density at radius 1 is 1.39 bits per heavy atom. The largest absolute Gasteiger partial charge is 0.495 e. The monoisotopic (exact) mass is 427 g/mol. The lowest BCUT2D eigenvalue weighted by atomic mass is 10.1. The van der Waals surface area contributed by atoms with Gasteiger partial charge in [-0.25, -0.2) is 9.18 Å². The Labute approximate surface area is 162 Å². The van der Waals surface area contributed by atoms with Crippen LogP contribution in [0.5, 0.6) is 0 Å². The fourth-order valence-corrected chi connectivity index (χ4v) is 2.59. The van der Waals surface area contributed by atoms with E-state index in [-0.39, 0.29) is 17.2 Å². The molecule has 0 saturated heterocycles. The molecule has 2 rings (SSSR count). The fourth-order valence-electron chi connectivity index (χ4n) is 2.36. The van der Waals surface area contributed by atoms with Crippen molar-refractivity contribution < 1.29 is 37.3 Å². The lowest BCUT2D eigenvalue weighted by Crippen LogP contribution is -2.57. The van der Waals surface area contributed by atoms with E-state index in [1.54, 1.807) is 24.3 Å². The Kier molecular flexibility index (Phi) is 6.75. The molecule has 0 radical (unpaired) electrons. The van der Waals surface area contributed by atoms with Crippen molar-refractivity contribution in [2.24, 2.45) is 0 Å². The minimum atomic E-state index is -4.79. The Hall–Kier alpha value is -2.08. The normalized spacial score (nSPS) is 20.3. The third-order valence-electron chi connectivity index (χ3n) is 3.78. The summed E-state index contributed by atoms with van der Waals surface area (Å²) in [7, 11) is 3.51. The molecule has 1 aliphatic heterocycles. The highest BCUT2D eigenvalue weighted by molar-refractivity contribution is 6.33. The van der Waals surface area contributed by atoms with Crippen molar-refractivity contribution in [3.05, 3.63) is 40.5 Å². The third kappa shape index (κ3) is 5.04. The molecule has 7 nitrogen and oxygen atoms in total. The van der Waals surface area contributed by atoms with Crippen molar-refractivity contribution in [2.45, 2.75) is 18.6 Å². The van der Waals surface area contributed by atoms with E-state index in [1.807, 2.05) is 0 Å². The number of carbonyl (C=O) groups is 1. The lowest BCUT2D eigenvalue weighted by Gasteiger charge is -2.36. The van der Waals surface area contributed by atoms with Gasteiger partial charge in [-0.3, -0.25) is 10.2 Å². The zero-order chi connectivity index (χ0) is 21.2. The van der Waals surface area contributed by atoms with Crippen molar-refractivity contribution in [1.82, 2.24) is 10.2 Å². The summed E-state index contributed by atoms with van der Waals surface area (Å²) >= 11 is 5.86. The van der Waals surface area contributed by atoms with Gasteiger partial charge in [-0.1, -0.05) is 11.6 Å². The van der Waals surface area contributed by atoms with Crippen LogP contribution < -0.4 is 10.2 Å². The molecule has 12 heteroatoms. The molecule has 0 aromatic heterocycles. The molecule has 3 N–H and O–H groups in total. The molecule has 0 amide bonds. The number of hydrogen-bond donors (Lipinski definition) is 3. The van der Waals surface area contributed by atoms with Crippen LogP contribution in [0.1, 0.15) is 10.4 Å². The summed E-state index contributed by atoms with van der Waals surface area (Å²) in [6.45, 7) is 0.426. The van der Waals surface area contributed by atoms with Crippen LogP contribution in [0, 0.1) is 5.82 Å². The number of alkyl halides is 3. The second-order valence-corrected chi connectivity index (χ2v) is 6.58. The molecule has 28 heavy (non-hydrogen) atoms. The van der Waals surface area contributed by atoms with Crippen LogP contribution in [-0.2, 0) is 4.74 Å². The third-order valence-corrected chi connectivity index (χ3v) is 4.09. The van der Waals surface area contributed by atoms with Crippen LogP contribution in [0.15, 0.2) is 24.1 Å². The second kappa shape index (κ2) is 8.52. The smallest absolute Gasteiger partial charge is 0.407 e. The van der Waals surface area contributed by atoms with Crippen molar-refractivity contribution in [1.29, 1.82) is 0 Å². The Morgan fingerprint density at radius 2 is 2.04 bits per heavy atom. The summed E-state index contributed by atoms with van der Waals surface area (Å²) < 4.78 is 57.7. The van der Waals surface area contributed by atoms with Gasteiger partial charge in [0.2, 0.25) is 0 Å². The standard InChI is InChI=1S/C16H18ClF4N3O4/c1-23(2)3-4-28-14(26)8-5-11(10(18)6-9(8)17)24-13(25)7-12(16(19,20)21)22-15(24)27/h5-7,12,15,22,25,27H,3-4H2,1-2H3. The number of likely N-dealkylation sites (N-methyl/N-ethyl adjacent to an activating group) is 1. The number of esters is 1. The summed E-state index contributed by atoms with van der Waals surface area (Å²) in [4.78, 5) is 14.4. The fraction of sp³-hybridized carbons (Fsp3) is 0.438. The van der Waals surface area contributed by atoms with Gasteiger partial charge >= 0.3 is 12.1 Å². The maximum absolute atomic E-state index is 14.3. The van der Waals surface area contributed by atoms with E-state index in [0.29, 0.717) is 17.5 Å². The highest BCUT2D eigenvalue weighted by Gasteiger charge is 2.44. The molecule has 1 aromatic rings. The number of nitrogens with zero attached hydrogens (tertiary/aromatic N) is 2. The van der Waals surface area contributed by atoms with Crippen LogP contribution in [0.25, 0.3) is 0 Å². The first-order valence-electron chi connectivity index (χ1n) is 7.93. The van der Waals surface area contributed by atoms with Crippen molar-refractivity contribution in [3.8, 4) is 0 Å². The van der Waals surface area contributed by atoms with Gasteiger partial charge in [-0.05, 0) is 26.2 Å². The van der Waals surface area contributed by atoms with Gasteiger partial charge in [-0.15, -0.1) is 0 Å². The maximum Gasteiger partial charge on any atom is 0.407 e. The number of aliphatic hydroxyl groups is 2. The number of halogens is 5. The molecule has 0 saturated carbocycles. The van der Waals surface area contributed by atoms with Gasteiger partial charge < -0.3 is 19.8 Å². The SMILES string of the molecule is CN(C)CCOC(=O)c1cc(N2C(O)=CC(C(F)(F)F)NC2O)c(F)cc1Cl. The molecule has 0 fully saturated rings. The number of ether oxygens (including phenoxy) is 1. The van der Waals surface area contributed by atoms with E-state index in [2.05, 4.69) is 0 Å². The summed E-state index contributed by atoms with van der Waals surface area (Å²) in [6, 6.07) is -0.738. The first kappa shape index (κ1) is 22.2. The van der Waals surface area contributed by atoms with Gasteiger partial charge in [0.15, 0.2) is 12.2 Å². The van der Waals surface area contributed by atoms with Crippen LogP contribution in [0.3, 0.4) is 0 Å². The van der Waals surface area contributed by atoms with Gasteiger partial charge in [0.05, 0.1) is 16.3 Å². The Bertz CT molecular complexity index is 773. The lowest BCUT2D eigenvalue weighted by molar-refractivity contribution is -0.154. The number of aliphatic hydroxyl groups excluding tert-OH is 2. The molecule has 1 heterocycles. The molecular weight excluding hydrogens is 410 g/mol.